The summed E-state index contributed by atoms with van der Waals surface area (Å²) in [5.41, 5.74) is 1.31. The molecule has 1 aromatic heterocycles. The van der Waals surface area contributed by atoms with Crippen molar-refractivity contribution in [2.75, 3.05) is 17.8 Å². The number of aryl methyl sites for hydroxylation is 1. The number of aromatic nitrogens is 2. The van der Waals surface area contributed by atoms with Crippen LogP contribution in [-0.4, -0.2) is 42.3 Å². The van der Waals surface area contributed by atoms with Gasteiger partial charge in [0.1, 0.15) is 0 Å². The second-order valence-electron chi connectivity index (χ2n) is 8.37. The zero-order valence-corrected chi connectivity index (χ0v) is 19.2. The molecule has 0 spiro atoms. The standard InChI is InChI=1S/C22H32N4O3S/c1-16(2)10-12-26(13-11-17(3)4)21(27)19-14-23-22(24-15-19)25-30(28,29)20-8-6-18(5)7-9-20/h6-9,14-17H,10-13H2,1-5H3,(H,23,24,25). The Balaban J connectivity index is 2.11. The molecule has 2 aromatic rings. The highest BCUT2D eigenvalue weighted by molar-refractivity contribution is 7.92. The summed E-state index contributed by atoms with van der Waals surface area (Å²) in [6.07, 6.45) is 4.58. The maximum absolute atomic E-state index is 12.9. The first-order chi connectivity index (χ1) is 14.1. The summed E-state index contributed by atoms with van der Waals surface area (Å²) in [6, 6.07) is 6.49. The van der Waals surface area contributed by atoms with E-state index in [-0.39, 0.29) is 16.8 Å². The molecule has 0 aliphatic heterocycles. The van der Waals surface area contributed by atoms with Crippen molar-refractivity contribution in [3.8, 4) is 0 Å². The van der Waals surface area contributed by atoms with Gasteiger partial charge < -0.3 is 4.90 Å². The largest absolute Gasteiger partial charge is 0.339 e. The van der Waals surface area contributed by atoms with Crippen molar-refractivity contribution >= 4 is 21.9 Å². The molecule has 0 saturated carbocycles. The number of carbonyl (C=O) groups is 1. The third-order valence-corrected chi connectivity index (χ3v) is 6.04. The highest BCUT2D eigenvalue weighted by Crippen LogP contribution is 2.15. The van der Waals surface area contributed by atoms with Crippen molar-refractivity contribution in [1.82, 2.24) is 14.9 Å². The van der Waals surface area contributed by atoms with Crippen LogP contribution in [0.5, 0.6) is 0 Å². The maximum Gasteiger partial charge on any atom is 0.264 e. The summed E-state index contributed by atoms with van der Waals surface area (Å²) in [5, 5.41) is 0. The number of anilines is 1. The van der Waals surface area contributed by atoms with Crippen molar-refractivity contribution in [3.05, 3.63) is 47.8 Å². The van der Waals surface area contributed by atoms with E-state index < -0.39 is 10.0 Å². The molecular weight excluding hydrogens is 400 g/mol. The molecule has 164 valence electrons. The lowest BCUT2D eigenvalue weighted by atomic mass is 10.1. The first kappa shape index (κ1) is 23.8. The molecular formula is C22H32N4O3S. The lowest BCUT2D eigenvalue weighted by molar-refractivity contribution is 0.0740. The van der Waals surface area contributed by atoms with Crippen LogP contribution in [-0.2, 0) is 10.0 Å². The predicted octanol–water partition coefficient (Wildman–Crippen LogP) is 4.12. The van der Waals surface area contributed by atoms with E-state index >= 15 is 0 Å². The number of nitrogens with zero attached hydrogens (tertiary/aromatic N) is 3. The van der Waals surface area contributed by atoms with E-state index in [0.717, 1.165) is 18.4 Å². The van der Waals surface area contributed by atoms with Gasteiger partial charge in [-0.2, -0.15) is 0 Å². The van der Waals surface area contributed by atoms with Crippen LogP contribution in [0.25, 0.3) is 0 Å². The average Bonchev–Trinajstić information content (AvgIpc) is 2.68. The third kappa shape index (κ3) is 7.09. The summed E-state index contributed by atoms with van der Waals surface area (Å²) in [6.45, 7) is 11.7. The molecule has 0 unspecified atom stereocenters. The lowest BCUT2D eigenvalue weighted by Crippen LogP contribution is -2.34. The number of hydrogen-bond acceptors (Lipinski definition) is 5. The minimum absolute atomic E-state index is 0.0666. The topological polar surface area (TPSA) is 92.3 Å². The highest BCUT2D eigenvalue weighted by atomic mass is 32.2. The molecule has 0 aliphatic carbocycles. The monoisotopic (exact) mass is 432 g/mol. The van der Waals surface area contributed by atoms with Gasteiger partial charge in [-0.1, -0.05) is 45.4 Å². The molecule has 1 heterocycles. The molecule has 1 N–H and O–H groups in total. The second kappa shape index (κ2) is 10.5. The Morgan fingerprint density at radius 2 is 1.47 bits per heavy atom. The van der Waals surface area contributed by atoms with Crippen molar-refractivity contribution in [2.45, 2.75) is 52.4 Å². The van der Waals surface area contributed by atoms with Crippen molar-refractivity contribution in [1.29, 1.82) is 0 Å². The zero-order chi connectivity index (χ0) is 22.3. The van der Waals surface area contributed by atoms with E-state index in [1.54, 1.807) is 12.1 Å². The Kier molecular flexibility index (Phi) is 8.34. The minimum atomic E-state index is -3.79. The number of hydrogen-bond donors (Lipinski definition) is 1. The van der Waals surface area contributed by atoms with Crippen LogP contribution in [0.2, 0.25) is 0 Å². The van der Waals surface area contributed by atoms with Crippen LogP contribution in [0.1, 0.15) is 56.5 Å². The number of amides is 1. The van der Waals surface area contributed by atoms with Gasteiger partial charge in [0.2, 0.25) is 5.95 Å². The minimum Gasteiger partial charge on any atom is -0.339 e. The van der Waals surface area contributed by atoms with E-state index in [4.69, 9.17) is 0 Å². The third-order valence-electron chi connectivity index (χ3n) is 4.70. The van der Waals surface area contributed by atoms with Crippen LogP contribution >= 0.6 is 0 Å². The smallest absolute Gasteiger partial charge is 0.264 e. The number of rotatable bonds is 10. The van der Waals surface area contributed by atoms with Gasteiger partial charge in [0.25, 0.3) is 15.9 Å². The summed E-state index contributed by atoms with van der Waals surface area (Å²) in [5.74, 6) is 0.788. The highest BCUT2D eigenvalue weighted by Gasteiger charge is 2.19. The van der Waals surface area contributed by atoms with Crippen LogP contribution < -0.4 is 4.72 Å². The molecule has 0 bridgehead atoms. The molecule has 0 radical (unpaired) electrons. The SMILES string of the molecule is Cc1ccc(S(=O)(=O)Nc2ncc(C(=O)N(CCC(C)C)CCC(C)C)cn2)cc1. The molecule has 0 fully saturated rings. The Labute approximate surface area is 180 Å². The fraction of sp³-hybridized carbons (Fsp3) is 0.500. The van der Waals surface area contributed by atoms with Crippen LogP contribution in [0, 0.1) is 18.8 Å². The first-order valence-electron chi connectivity index (χ1n) is 10.3. The molecule has 1 aromatic carbocycles. The lowest BCUT2D eigenvalue weighted by Gasteiger charge is -2.24. The van der Waals surface area contributed by atoms with Crippen LogP contribution in [0.3, 0.4) is 0 Å². The predicted molar refractivity (Wildman–Crippen MR) is 119 cm³/mol. The van der Waals surface area contributed by atoms with Crippen molar-refractivity contribution in [2.24, 2.45) is 11.8 Å². The van der Waals surface area contributed by atoms with Crippen molar-refractivity contribution < 1.29 is 13.2 Å². The molecule has 7 nitrogen and oxygen atoms in total. The molecule has 1 amide bonds. The molecule has 0 aliphatic rings. The Bertz CT molecular complexity index is 912. The second-order valence-corrected chi connectivity index (χ2v) is 10.1. The first-order valence-corrected chi connectivity index (χ1v) is 11.8. The van der Waals surface area contributed by atoms with Gasteiger partial charge in [-0.3, -0.25) is 4.79 Å². The van der Waals surface area contributed by atoms with Gasteiger partial charge in [0.15, 0.2) is 0 Å². The van der Waals surface area contributed by atoms with Gasteiger partial charge >= 0.3 is 0 Å². The summed E-state index contributed by atoms with van der Waals surface area (Å²) in [7, 11) is -3.79. The summed E-state index contributed by atoms with van der Waals surface area (Å²) >= 11 is 0. The number of benzene rings is 1. The molecule has 8 heteroatoms. The van der Waals surface area contributed by atoms with Gasteiger partial charge in [-0.15, -0.1) is 0 Å². The molecule has 30 heavy (non-hydrogen) atoms. The van der Waals surface area contributed by atoms with E-state index in [0.29, 0.717) is 30.5 Å². The van der Waals surface area contributed by atoms with E-state index in [9.17, 15) is 13.2 Å². The van der Waals surface area contributed by atoms with Crippen LogP contribution in [0.15, 0.2) is 41.6 Å². The zero-order valence-electron chi connectivity index (χ0n) is 18.4. The van der Waals surface area contributed by atoms with Crippen molar-refractivity contribution in [3.63, 3.8) is 0 Å². The summed E-state index contributed by atoms with van der Waals surface area (Å²) in [4.78, 5) is 23.0. The Morgan fingerprint density at radius 1 is 0.967 bits per heavy atom. The van der Waals surface area contributed by atoms with Gasteiger partial charge in [-0.05, 0) is 43.7 Å². The molecule has 2 rings (SSSR count). The van der Waals surface area contributed by atoms with E-state index in [1.165, 1.54) is 24.5 Å². The average molecular weight is 433 g/mol. The number of sulfonamides is 1. The quantitative estimate of drug-likeness (QED) is 0.610. The number of nitrogens with one attached hydrogen (secondary N) is 1. The maximum atomic E-state index is 12.9. The number of carbonyl (C=O) groups excluding carboxylic acids is 1. The Hall–Kier alpha value is -2.48. The normalized spacial score (nSPS) is 11.7. The van der Waals surface area contributed by atoms with Gasteiger partial charge in [-0.25, -0.2) is 23.1 Å². The Morgan fingerprint density at radius 3 is 1.93 bits per heavy atom. The van der Waals surface area contributed by atoms with E-state index in [2.05, 4.69) is 42.4 Å². The fourth-order valence-corrected chi connectivity index (χ4v) is 3.67. The van der Waals surface area contributed by atoms with Gasteiger partial charge in [0, 0.05) is 25.5 Å². The van der Waals surface area contributed by atoms with Gasteiger partial charge in [0.05, 0.1) is 10.5 Å². The van der Waals surface area contributed by atoms with Crippen LogP contribution in [0.4, 0.5) is 5.95 Å². The van der Waals surface area contributed by atoms with E-state index in [1.807, 2.05) is 11.8 Å². The fourth-order valence-electron chi connectivity index (χ4n) is 2.71. The molecule has 0 saturated heterocycles. The molecule has 0 atom stereocenters. The summed E-state index contributed by atoms with van der Waals surface area (Å²) < 4.78 is 27.3.